The van der Waals surface area contributed by atoms with Crippen molar-refractivity contribution in [3.05, 3.63) is 46.4 Å². The van der Waals surface area contributed by atoms with Crippen molar-refractivity contribution in [3.63, 3.8) is 0 Å². The number of para-hydroxylation sites is 1. The number of thioether (sulfide) groups is 2. The minimum absolute atomic E-state index is 0.0401. The summed E-state index contributed by atoms with van der Waals surface area (Å²) in [5.41, 5.74) is 2.14. The molecule has 1 aromatic carbocycles. The number of nitrogens with zero attached hydrogens (tertiary/aromatic N) is 4. The lowest BCUT2D eigenvalue weighted by Crippen LogP contribution is -2.49. The molecule has 6 nitrogen and oxygen atoms in total. The van der Waals surface area contributed by atoms with Crippen LogP contribution in [0.1, 0.15) is 19.5 Å². The number of carbonyl (C=O) groups is 1. The van der Waals surface area contributed by atoms with Gasteiger partial charge in [-0.1, -0.05) is 36.9 Å². The number of benzene rings is 1. The fourth-order valence-electron chi connectivity index (χ4n) is 3.79. The predicted molar refractivity (Wildman–Crippen MR) is 119 cm³/mol. The number of aromatic nitrogens is 2. The van der Waals surface area contributed by atoms with E-state index in [1.54, 1.807) is 16.3 Å². The molecule has 2 aliphatic rings. The smallest absolute Gasteiger partial charge is 0.268 e. The predicted octanol–water partition coefficient (Wildman–Crippen LogP) is 2.74. The third kappa shape index (κ3) is 4.33. The van der Waals surface area contributed by atoms with Crippen LogP contribution in [0.15, 0.2) is 45.2 Å². The third-order valence-electron chi connectivity index (χ3n) is 5.36. The monoisotopic (exact) mass is 430 g/mol. The minimum atomic E-state index is 0.0401. The van der Waals surface area contributed by atoms with Gasteiger partial charge in [-0.05, 0) is 19.1 Å². The Labute approximate surface area is 179 Å². The third-order valence-corrected chi connectivity index (χ3v) is 7.53. The van der Waals surface area contributed by atoms with Crippen molar-refractivity contribution < 1.29 is 4.79 Å². The van der Waals surface area contributed by atoms with Crippen LogP contribution in [-0.2, 0) is 17.8 Å². The van der Waals surface area contributed by atoms with Crippen molar-refractivity contribution in [1.82, 2.24) is 14.5 Å². The maximum absolute atomic E-state index is 12.8. The highest BCUT2D eigenvalue weighted by molar-refractivity contribution is 8.00. The largest absolute Gasteiger partial charge is 0.368 e. The van der Waals surface area contributed by atoms with Gasteiger partial charge in [0.1, 0.15) is 0 Å². The van der Waals surface area contributed by atoms with Crippen molar-refractivity contribution in [2.75, 3.05) is 36.8 Å². The Hall–Kier alpha value is -1.93. The first kappa shape index (κ1) is 20.3. The number of anilines is 1. The van der Waals surface area contributed by atoms with E-state index in [4.69, 9.17) is 4.98 Å². The SMILES string of the molecule is CCn1c(SCC(=O)N2CCN(c3ccccc3)CC2)nc2c(c1=O)S[C@@H](C)C2. The quantitative estimate of drug-likeness (QED) is 0.537. The number of hydrogen-bond acceptors (Lipinski definition) is 6. The maximum atomic E-state index is 12.8. The number of fused-ring (bicyclic) bond motifs is 1. The Bertz CT molecular complexity index is 940. The van der Waals surface area contributed by atoms with Crippen LogP contribution in [0, 0.1) is 0 Å². The topological polar surface area (TPSA) is 58.4 Å². The van der Waals surface area contributed by atoms with Crippen LogP contribution < -0.4 is 10.5 Å². The second kappa shape index (κ2) is 8.83. The van der Waals surface area contributed by atoms with Crippen molar-refractivity contribution in [2.45, 2.75) is 42.1 Å². The molecular formula is C21H26N4O2S2. The summed E-state index contributed by atoms with van der Waals surface area (Å²) in [6.07, 6.45) is 0.822. The average molecular weight is 431 g/mol. The summed E-state index contributed by atoms with van der Waals surface area (Å²) in [5, 5.41) is 1.06. The number of carbonyl (C=O) groups excluding carboxylic acids is 1. The molecule has 0 N–H and O–H groups in total. The van der Waals surface area contributed by atoms with Crippen molar-refractivity contribution in [2.24, 2.45) is 0 Å². The zero-order valence-electron chi connectivity index (χ0n) is 16.8. The molecule has 1 aromatic heterocycles. The second-order valence-corrected chi connectivity index (χ2v) is 9.74. The van der Waals surface area contributed by atoms with E-state index in [1.165, 1.54) is 17.4 Å². The van der Waals surface area contributed by atoms with Gasteiger partial charge in [0, 0.05) is 50.1 Å². The van der Waals surface area contributed by atoms with Crippen LogP contribution in [-0.4, -0.2) is 57.5 Å². The minimum Gasteiger partial charge on any atom is -0.368 e. The first-order valence-electron chi connectivity index (χ1n) is 10.1. The second-order valence-electron chi connectivity index (χ2n) is 7.34. The Kier molecular flexibility index (Phi) is 6.20. The summed E-state index contributed by atoms with van der Waals surface area (Å²) in [6, 6.07) is 10.3. The molecule has 8 heteroatoms. The number of hydrogen-bond donors (Lipinski definition) is 0. The molecule has 1 atom stereocenters. The van der Waals surface area contributed by atoms with E-state index in [-0.39, 0.29) is 11.5 Å². The highest BCUT2D eigenvalue weighted by atomic mass is 32.2. The molecule has 2 aliphatic heterocycles. The van der Waals surface area contributed by atoms with Gasteiger partial charge in [-0.15, -0.1) is 11.8 Å². The zero-order valence-corrected chi connectivity index (χ0v) is 18.5. The number of rotatable bonds is 5. The van der Waals surface area contributed by atoms with Gasteiger partial charge < -0.3 is 9.80 Å². The van der Waals surface area contributed by atoms with Gasteiger partial charge in [-0.2, -0.15) is 0 Å². The van der Waals surface area contributed by atoms with E-state index < -0.39 is 0 Å². The summed E-state index contributed by atoms with van der Waals surface area (Å²) in [6.45, 7) is 7.76. The molecule has 1 saturated heterocycles. The lowest BCUT2D eigenvalue weighted by molar-refractivity contribution is -0.128. The van der Waals surface area contributed by atoms with Crippen LogP contribution >= 0.6 is 23.5 Å². The van der Waals surface area contributed by atoms with E-state index in [9.17, 15) is 9.59 Å². The lowest BCUT2D eigenvalue weighted by Gasteiger charge is -2.36. The molecular weight excluding hydrogens is 404 g/mol. The molecule has 4 rings (SSSR count). The van der Waals surface area contributed by atoms with Gasteiger partial charge in [0.25, 0.3) is 5.56 Å². The molecule has 0 unspecified atom stereocenters. The Morgan fingerprint density at radius 3 is 2.62 bits per heavy atom. The van der Waals surface area contributed by atoms with Crippen molar-refractivity contribution in [1.29, 1.82) is 0 Å². The number of amides is 1. The Balaban J connectivity index is 1.38. The fraction of sp³-hybridized carbons (Fsp3) is 0.476. The number of piperazine rings is 1. The molecule has 0 aliphatic carbocycles. The van der Waals surface area contributed by atoms with E-state index in [0.29, 0.717) is 22.7 Å². The Morgan fingerprint density at radius 2 is 1.93 bits per heavy atom. The summed E-state index contributed by atoms with van der Waals surface area (Å²) >= 11 is 3.01. The molecule has 0 radical (unpaired) electrons. The van der Waals surface area contributed by atoms with Crippen LogP contribution in [0.4, 0.5) is 5.69 Å². The molecule has 1 fully saturated rings. The van der Waals surface area contributed by atoms with Crippen LogP contribution in [0.5, 0.6) is 0 Å². The normalized spacial score (nSPS) is 18.8. The standard InChI is InChI=1S/C21H26N4O2S2/c1-3-25-20(27)19-17(13-15(2)29-19)22-21(25)28-14-18(26)24-11-9-23(10-12-24)16-7-5-4-6-8-16/h4-8,15H,3,9-14H2,1-2H3/t15-/m0/s1. The van der Waals surface area contributed by atoms with Crippen LogP contribution in [0.2, 0.25) is 0 Å². The van der Waals surface area contributed by atoms with Crippen molar-refractivity contribution in [3.8, 4) is 0 Å². The molecule has 3 heterocycles. The van der Waals surface area contributed by atoms with Gasteiger partial charge in [0.05, 0.1) is 16.3 Å². The molecule has 1 amide bonds. The van der Waals surface area contributed by atoms with E-state index in [1.807, 2.05) is 30.0 Å². The van der Waals surface area contributed by atoms with E-state index in [0.717, 1.165) is 43.2 Å². The summed E-state index contributed by atoms with van der Waals surface area (Å²) < 4.78 is 1.70. The molecule has 29 heavy (non-hydrogen) atoms. The first-order chi connectivity index (χ1) is 14.1. The molecule has 0 bridgehead atoms. The fourth-order valence-corrected chi connectivity index (χ4v) is 5.89. The van der Waals surface area contributed by atoms with Crippen LogP contribution in [0.3, 0.4) is 0 Å². The zero-order chi connectivity index (χ0) is 20.4. The van der Waals surface area contributed by atoms with E-state index >= 15 is 0 Å². The van der Waals surface area contributed by atoms with Gasteiger partial charge in [-0.3, -0.25) is 14.2 Å². The molecule has 0 spiro atoms. The molecule has 2 aromatic rings. The van der Waals surface area contributed by atoms with Gasteiger partial charge in [0.2, 0.25) is 5.91 Å². The van der Waals surface area contributed by atoms with Crippen molar-refractivity contribution >= 4 is 35.1 Å². The lowest BCUT2D eigenvalue weighted by atomic mass is 10.2. The average Bonchev–Trinajstić information content (AvgIpc) is 3.13. The maximum Gasteiger partial charge on any atom is 0.268 e. The summed E-state index contributed by atoms with van der Waals surface area (Å²) in [7, 11) is 0. The molecule has 154 valence electrons. The Morgan fingerprint density at radius 1 is 1.21 bits per heavy atom. The highest BCUT2D eigenvalue weighted by Crippen LogP contribution is 2.34. The summed E-state index contributed by atoms with van der Waals surface area (Å²) in [5.74, 6) is 0.432. The highest BCUT2D eigenvalue weighted by Gasteiger charge is 2.27. The van der Waals surface area contributed by atoms with Gasteiger partial charge in [0.15, 0.2) is 5.16 Å². The van der Waals surface area contributed by atoms with Crippen LogP contribution in [0.25, 0.3) is 0 Å². The van der Waals surface area contributed by atoms with E-state index in [2.05, 4.69) is 24.0 Å². The van der Waals surface area contributed by atoms with Gasteiger partial charge >= 0.3 is 0 Å². The molecule has 0 saturated carbocycles. The summed E-state index contributed by atoms with van der Waals surface area (Å²) in [4.78, 5) is 35.3. The first-order valence-corrected chi connectivity index (χ1v) is 11.9. The van der Waals surface area contributed by atoms with Gasteiger partial charge in [-0.25, -0.2) is 4.98 Å².